The number of rotatable bonds is 4. The molecule has 2 nitrogen and oxygen atoms in total. The first-order valence-corrected chi connectivity index (χ1v) is 6.16. The van der Waals surface area contributed by atoms with Gasteiger partial charge in [-0.25, -0.2) is 0 Å². The van der Waals surface area contributed by atoms with Crippen LogP contribution < -0.4 is 0 Å². The second kappa shape index (κ2) is 5.80. The second-order valence-electron chi connectivity index (χ2n) is 4.55. The normalized spacial score (nSPS) is 15.9. The van der Waals surface area contributed by atoms with Crippen LogP contribution in [0, 0.1) is 0 Å². The molecule has 0 spiro atoms. The summed E-state index contributed by atoms with van der Waals surface area (Å²) in [6.07, 6.45) is -1.67. The van der Waals surface area contributed by atoms with Crippen molar-refractivity contribution in [2.45, 2.75) is 25.0 Å². The van der Waals surface area contributed by atoms with E-state index in [1.165, 1.54) is 0 Å². The van der Waals surface area contributed by atoms with E-state index in [4.69, 9.17) is 0 Å². The maximum Gasteiger partial charge on any atom is 0.105 e. The van der Waals surface area contributed by atoms with Gasteiger partial charge in [0.15, 0.2) is 0 Å². The Morgan fingerprint density at radius 2 is 1.17 bits per heavy atom. The van der Waals surface area contributed by atoms with Gasteiger partial charge in [-0.2, -0.15) is 0 Å². The third-order valence-electron chi connectivity index (χ3n) is 3.30. The summed E-state index contributed by atoms with van der Waals surface area (Å²) in [5.74, 6) is -0.110. The molecule has 2 rings (SSSR count). The van der Waals surface area contributed by atoms with E-state index >= 15 is 0 Å². The van der Waals surface area contributed by atoms with Gasteiger partial charge in [-0.05, 0) is 11.1 Å². The Labute approximate surface area is 108 Å². The van der Waals surface area contributed by atoms with Crippen molar-refractivity contribution in [1.29, 1.82) is 0 Å². The topological polar surface area (TPSA) is 40.5 Å². The predicted molar refractivity (Wildman–Crippen MR) is 72.3 cm³/mol. The van der Waals surface area contributed by atoms with Crippen LogP contribution in [0.3, 0.4) is 0 Å². The van der Waals surface area contributed by atoms with Crippen LogP contribution in [-0.2, 0) is 0 Å². The van der Waals surface area contributed by atoms with Gasteiger partial charge in [0.2, 0.25) is 0 Å². The molecule has 0 saturated heterocycles. The summed E-state index contributed by atoms with van der Waals surface area (Å²) < 4.78 is 0. The Morgan fingerprint density at radius 1 is 0.722 bits per heavy atom. The van der Waals surface area contributed by atoms with E-state index in [1.54, 1.807) is 0 Å². The molecule has 0 aliphatic rings. The highest BCUT2D eigenvalue weighted by Gasteiger charge is 2.25. The van der Waals surface area contributed by atoms with Gasteiger partial charge in [-0.1, -0.05) is 67.6 Å². The Hall–Kier alpha value is -1.64. The Bertz CT molecular complexity index is 421. The quantitative estimate of drug-likeness (QED) is 0.865. The van der Waals surface area contributed by atoms with Gasteiger partial charge in [0.1, 0.15) is 6.10 Å². The van der Waals surface area contributed by atoms with E-state index in [0.29, 0.717) is 0 Å². The molecule has 2 aromatic rings. The van der Waals surface area contributed by atoms with Crippen molar-refractivity contribution in [1.82, 2.24) is 0 Å². The standard InChI is InChI=1S/C16H18O2/c1-12(13-8-4-2-5-9-13)15(17)16(18)14-10-6-3-7-11-14/h2-12,15-18H,1H3/t12-,15+,16-/m1/s1. The van der Waals surface area contributed by atoms with Crippen LogP contribution in [-0.4, -0.2) is 16.3 Å². The van der Waals surface area contributed by atoms with Gasteiger partial charge in [-0.3, -0.25) is 0 Å². The SMILES string of the molecule is C[C@H](c1ccccc1)[C@H](O)[C@H](O)c1ccccc1. The van der Waals surface area contributed by atoms with Crippen molar-refractivity contribution < 1.29 is 10.2 Å². The largest absolute Gasteiger partial charge is 0.389 e. The fraction of sp³-hybridized carbons (Fsp3) is 0.250. The first kappa shape index (κ1) is 12.8. The number of benzene rings is 2. The lowest BCUT2D eigenvalue weighted by molar-refractivity contribution is 0.00462. The molecule has 0 aromatic heterocycles. The monoisotopic (exact) mass is 242 g/mol. The van der Waals surface area contributed by atoms with E-state index in [1.807, 2.05) is 67.6 Å². The Balaban J connectivity index is 2.14. The predicted octanol–water partition coefficient (Wildman–Crippen LogP) is 2.88. The van der Waals surface area contributed by atoms with Gasteiger partial charge >= 0.3 is 0 Å². The molecule has 0 radical (unpaired) electrons. The summed E-state index contributed by atoms with van der Waals surface area (Å²) in [7, 11) is 0. The summed E-state index contributed by atoms with van der Waals surface area (Å²) >= 11 is 0. The fourth-order valence-corrected chi connectivity index (χ4v) is 2.07. The van der Waals surface area contributed by atoms with Crippen LogP contribution in [0.1, 0.15) is 30.1 Å². The van der Waals surface area contributed by atoms with Crippen molar-refractivity contribution in [3.63, 3.8) is 0 Å². The molecule has 0 saturated carbocycles. The zero-order chi connectivity index (χ0) is 13.0. The maximum absolute atomic E-state index is 10.2. The molecule has 2 heteroatoms. The average molecular weight is 242 g/mol. The minimum absolute atomic E-state index is 0.110. The lowest BCUT2D eigenvalue weighted by atomic mass is 9.89. The van der Waals surface area contributed by atoms with Gasteiger partial charge in [0, 0.05) is 5.92 Å². The lowest BCUT2D eigenvalue weighted by Gasteiger charge is -2.24. The van der Waals surface area contributed by atoms with Gasteiger partial charge < -0.3 is 10.2 Å². The molecule has 0 unspecified atom stereocenters. The number of aliphatic hydroxyl groups excluding tert-OH is 2. The van der Waals surface area contributed by atoms with Crippen molar-refractivity contribution in [2.24, 2.45) is 0 Å². The third-order valence-corrected chi connectivity index (χ3v) is 3.30. The van der Waals surface area contributed by atoms with E-state index in [0.717, 1.165) is 11.1 Å². The van der Waals surface area contributed by atoms with Crippen molar-refractivity contribution >= 4 is 0 Å². The molecular formula is C16H18O2. The van der Waals surface area contributed by atoms with Gasteiger partial charge in [0.25, 0.3) is 0 Å². The molecule has 0 fully saturated rings. The maximum atomic E-state index is 10.2. The van der Waals surface area contributed by atoms with E-state index in [2.05, 4.69) is 0 Å². The van der Waals surface area contributed by atoms with Crippen LogP contribution in [0.15, 0.2) is 60.7 Å². The molecule has 0 heterocycles. The summed E-state index contributed by atoms with van der Waals surface area (Å²) in [6, 6.07) is 19.0. The molecule has 0 bridgehead atoms. The van der Waals surface area contributed by atoms with Crippen LogP contribution in [0.2, 0.25) is 0 Å². The third kappa shape index (κ3) is 2.78. The smallest absolute Gasteiger partial charge is 0.105 e. The first-order chi connectivity index (χ1) is 8.70. The van der Waals surface area contributed by atoms with E-state index in [9.17, 15) is 10.2 Å². The molecule has 94 valence electrons. The van der Waals surface area contributed by atoms with Gasteiger partial charge in [-0.15, -0.1) is 0 Å². The zero-order valence-corrected chi connectivity index (χ0v) is 10.4. The lowest BCUT2D eigenvalue weighted by Crippen LogP contribution is -2.24. The van der Waals surface area contributed by atoms with Crippen LogP contribution in [0.25, 0.3) is 0 Å². The molecular weight excluding hydrogens is 224 g/mol. The Morgan fingerprint density at radius 3 is 1.67 bits per heavy atom. The first-order valence-electron chi connectivity index (χ1n) is 6.16. The average Bonchev–Trinajstić information content (AvgIpc) is 2.47. The molecule has 18 heavy (non-hydrogen) atoms. The highest BCUT2D eigenvalue weighted by molar-refractivity contribution is 5.23. The molecule has 0 amide bonds. The molecule has 0 aliphatic heterocycles. The van der Waals surface area contributed by atoms with Crippen LogP contribution in [0.4, 0.5) is 0 Å². The minimum atomic E-state index is -0.860. The second-order valence-corrected chi connectivity index (χ2v) is 4.55. The van der Waals surface area contributed by atoms with Crippen LogP contribution >= 0.6 is 0 Å². The van der Waals surface area contributed by atoms with Crippen molar-refractivity contribution in [3.05, 3.63) is 71.8 Å². The molecule has 3 atom stereocenters. The molecule has 0 aliphatic carbocycles. The van der Waals surface area contributed by atoms with Crippen LogP contribution in [0.5, 0.6) is 0 Å². The summed E-state index contributed by atoms with van der Waals surface area (Å²) in [6.45, 7) is 1.92. The molecule has 2 aromatic carbocycles. The Kier molecular flexibility index (Phi) is 4.13. The highest BCUT2D eigenvalue weighted by Crippen LogP contribution is 2.28. The van der Waals surface area contributed by atoms with Gasteiger partial charge in [0.05, 0.1) is 6.10 Å². The number of hydrogen-bond donors (Lipinski definition) is 2. The zero-order valence-electron chi connectivity index (χ0n) is 10.4. The summed E-state index contributed by atoms with van der Waals surface area (Å²) in [4.78, 5) is 0. The molecule has 2 N–H and O–H groups in total. The minimum Gasteiger partial charge on any atom is -0.389 e. The fourth-order valence-electron chi connectivity index (χ4n) is 2.07. The summed E-state index contributed by atoms with van der Waals surface area (Å²) in [5, 5.41) is 20.4. The summed E-state index contributed by atoms with van der Waals surface area (Å²) in [5.41, 5.74) is 1.77. The van der Waals surface area contributed by atoms with E-state index in [-0.39, 0.29) is 5.92 Å². The van der Waals surface area contributed by atoms with E-state index < -0.39 is 12.2 Å². The number of hydrogen-bond acceptors (Lipinski definition) is 2. The number of aliphatic hydroxyl groups is 2. The van der Waals surface area contributed by atoms with Crippen molar-refractivity contribution in [2.75, 3.05) is 0 Å². The van der Waals surface area contributed by atoms with Crippen molar-refractivity contribution in [3.8, 4) is 0 Å². The highest BCUT2D eigenvalue weighted by atomic mass is 16.3.